The molecule has 1 aromatic carbocycles. The lowest BCUT2D eigenvalue weighted by Gasteiger charge is -1.96. The lowest BCUT2D eigenvalue weighted by molar-refractivity contribution is 0.476. The van der Waals surface area contributed by atoms with E-state index in [-0.39, 0.29) is 5.48 Å². The summed E-state index contributed by atoms with van der Waals surface area (Å²) in [5.74, 6) is 0.297. The van der Waals surface area contributed by atoms with Crippen molar-refractivity contribution < 1.29 is 10.6 Å². The molecule has 0 atom stereocenters. The highest BCUT2D eigenvalue weighted by Gasteiger charge is 2.02. The maximum atomic E-state index is 9.30. The monoisotopic (exact) mass is 192 g/mol. The van der Waals surface area contributed by atoms with Crippen molar-refractivity contribution in [3.05, 3.63) is 30.0 Å². The second-order valence-electron chi connectivity index (χ2n) is 3.08. The molecule has 1 heterocycles. The van der Waals surface area contributed by atoms with E-state index in [0.29, 0.717) is 12.3 Å². The van der Waals surface area contributed by atoms with E-state index in [0.717, 1.165) is 22.9 Å². The third-order valence-electron chi connectivity index (χ3n) is 2.16. The van der Waals surface area contributed by atoms with E-state index in [9.17, 15) is 5.11 Å². The van der Waals surface area contributed by atoms with Crippen molar-refractivity contribution in [2.24, 2.45) is 5.73 Å². The smallest absolute Gasteiger partial charge is 0.116 e. The van der Waals surface area contributed by atoms with Crippen LogP contribution in [0.25, 0.3) is 10.9 Å². The highest BCUT2D eigenvalue weighted by Crippen LogP contribution is 2.22. The van der Waals surface area contributed by atoms with Crippen molar-refractivity contribution in [2.75, 3.05) is 6.54 Å². The molecule has 0 aliphatic carbocycles. The number of fused-ring (bicyclic) bond motifs is 1. The summed E-state index contributed by atoms with van der Waals surface area (Å²) >= 11 is 0. The van der Waals surface area contributed by atoms with Crippen LogP contribution in [-0.4, -0.2) is 16.6 Å². The van der Waals surface area contributed by atoms with Gasteiger partial charge >= 0.3 is 0 Å². The van der Waals surface area contributed by atoms with Gasteiger partial charge in [-0.25, -0.2) is 0 Å². The van der Waals surface area contributed by atoms with Gasteiger partial charge in [-0.05, 0) is 36.7 Å². The molecular formula is C10H12N2O2. The Labute approximate surface area is 81.7 Å². The number of phenolic OH excluding ortho intramolecular Hbond substituents is 1. The zero-order valence-electron chi connectivity index (χ0n) is 7.66. The molecule has 2 aromatic rings. The van der Waals surface area contributed by atoms with Gasteiger partial charge in [0.1, 0.15) is 5.75 Å². The minimum Gasteiger partial charge on any atom is -0.508 e. The Kier molecular flexibility index (Phi) is 3.11. The molecule has 0 amide bonds. The molecule has 4 nitrogen and oxygen atoms in total. The summed E-state index contributed by atoms with van der Waals surface area (Å²) in [5.41, 5.74) is 7.68. The van der Waals surface area contributed by atoms with Crippen LogP contribution in [0.4, 0.5) is 0 Å². The number of hydrogen-bond donors (Lipinski definition) is 3. The van der Waals surface area contributed by atoms with Crippen LogP contribution < -0.4 is 5.73 Å². The highest BCUT2D eigenvalue weighted by atomic mass is 16.3. The van der Waals surface area contributed by atoms with Gasteiger partial charge in [0.2, 0.25) is 0 Å². The van der Waals surface area contributed by atoms with E-state index in [1.54, 1.807) is 12.1 Å². The van der Waals surface area contributed by atoms with Gasteiger partial charge in [0.15, 0.2) is 0 Å². The molecule has 0 unspecified atom stereocenters. The van der Waals surface area contributed by atoms with E-state index < -0.39 is 0 Å². The van der Waals surface area contributed by atoms with Crippen LogP contribution >= 0.6 is 0 Å². The van der Waals surface area contributed by atoms with Crippen LogP contribution in [0.15, 0.2) is 24.4 Å². The average molecular weight is 192 g/mol. The second-order valence-corrected chi connectivity index (χ2v) is 3.08. The Bertz CT molecular complexity index is 423. The van der Waals surface area contributed by atoms with E-state index >= 15 is 0 Å². The number of aromatic amines is 1. The van der Waals surface area contributed by atoms with E-state index in [1.165, 1.54) is 0 Å². The molecule has 4 N–H and O–H groups in total. The number of aromatic hydroxyl groups is 1. The fourth-order valence-electron chi connectivity index (χ4n) is 1.53. The number of benzene rings is 1. The maximum Gasteiger partial charge on any atom is 0.116 e. The fraction of sp³-hybridized carbons (Fsp3) is 0.200. The summed E-state index contributed by atoms with van der Waals surface area (Å²) in [5, 5.41) is 10.4. The minimum absolute atomic E-state index is 0. The molecule has 2 radical (unpaired) electrons. The molecular weight excluding hydrogens is 180 g/mol. The van der Waals surface area contributed by atoms with Crippen LogP contribution in [0.3, 0.4) is 0 Å². The van der Waals surface area contributed by atoms with Gasteiger partial charge in [0, 0.05) is 22.6 Å². The number of aromatic nitrogens is 1. The third kappa shape index (κ3) is 1.71. The summed E-state index contributed by atoms with van der Waals surface area (Å²) in [6, 6.07) is 5.30. The van der Waals surface area contributed by atoms with Gasteiger partial charge in [0.25, 0.3) is 0 Å². The van der Waals surface area contributed by atoms with Crippen molar-refractivity contribution in [3.63, 3.8) is 0 Å². The summed E-state index contributed by atoms with van der Waals surface area (Å²) < 4.78 is 0. The lowest BCUT2D eigenvalue weighted by Crippen LogP contribution is -2.01. The zero-order valence-corrected chi connectivity index (χ0v) is 7.66. The second kappa shape index (κ2) is 4.13. The molecule has 1 aromatic heterocycles. The number of H-pyrrole nitrogens is 1. The standard InChI is InChI=1S/C10H12N2O.O/c11-4-3-7-6-12-10-2-1-8(13)5-9(7)10;/h1-2,5-6,12-13H,3-4,11H2;. The first kappa shape index (κ1) is 10.6. The third-order valence-corrected chi connectivity index (χ3v) is 2.16. The minimum atomic E-state index is 0. The van der Waals surface area contributed by atoms with E-state index in [4.69, 9.17) is 5.73 Å². The van der Waals surface area contributed by atoms with Crippen LogP contribution in [0.2, 0.25) is 0 Å². The topological polar surface area (TPSA) is 90.5 Å². The van der Waals surface area contributed by atoms with Crippen molar-refractivity contribution >= 4 is 10.9 Å². The molecule has 0 aliphatic rings. The fourth-order valence-corrected chi connectivity index (χ4v) is 1.53. The van der Waals surface area contributed by atoms with E-state index in [1.807, 2.05) is 12.3 Å². The number of phenols is 1. The average Bonchev–Trinajstić information content (AvgIpc) is 2.49. The van der Waals surface area contributed by atoms with E-state index in [2.05, 4.69) is 4.98 Å². The molecule has 0 bridgehead atoms. The molecule has 0 saturated heterocycles. The van der Waals surface area contributed by atoms with Gasteiger partial charge in [-0.1, -0.05) is 0 Å². The van der Waals surface area contributed by atoms with Gasteiger partial charge in [-0.2, -0.15) is 0 Å². The van der Waals surface area contributed by atoms with Crippen molar-refractivity contribution in [3.8, 4) is 5.75 Å². The number of hydrogen-bond acceptors (Lipinski definition) is 2. The Morgan fingerprint density at radius 1 is 1.36 bits per heavy atom. The number of nitrogens with two attached hydrogens (primary N) is 1. The van der Waals surface area contributed by atoms with Crippen LogP contribution in [0.5, 0.6) is 5.75 Å². The number of nitrogens with one attached hydrogen (secondary N) is 1. The van der Waals surface area contributed by atoms with Gasteiger partial charge in [-0.3, -0.25) is 0 Å². The number of rotatable bonds is 2. The molecule has 0 aliphatic heterocycles. The predicted molar refractivity (Wildman–Crippen MR) is 53.4 cm³/mol. The van der Waals surface area contributed by atoms with Gasteiger partial charge in [-0.15, -0.1) is 0 Å². The summed E-state index contributed by atoms with van der Waals surface area (Å²) in [4.78, 5) is 3.13. The summed E-state index contributed by atoms with van der Waals surface area (Å²) in [6.07, 6.45) is 2.78. The van der Waals surface area contributed by atoms with Gasteiger partial charge < -0.3 is 15.8 Å². The molecule has 4 heteroatoms. The Morgan fingerprint density at radius 3 is 2.86 bits per heavy atom. The zero-order chi connectivity index (χ0) is 9.26. The summed E-state index contributed by atoms with van der Waals surface area (Å²) in [7, 11) is 0. The quantitative estimate of drug-likeness (QED) is 0.668. The SMILES string of the molecule is NCCc1c[nH]c2ccc(O)cc12.[O]. The van der Waals surface area contributed by atoms with Crippen LogP contribution in [0, 0.1) is 0 Å². The Hall–Kier alpha value is -1.52. The first-order valence-corrected chi connectivity index (χ1v) is 4.30. The highest BCUT2D eigenvalue weighted by molar-refractivity contribution is 5.84. The molecule has 74 valence electrons. The molecule has 14 heavy (non-hydrogen) atoms. The Morgan fingerprint density at radius 2 is 2.14 bits per heavy atom. The van der Waals surface area contributed by atoms with Crippen LogP contribution in [0.1, 0.15) is 5.56 Å². The van der Waals surface area contributed by atoms with Gasteiger partial charge in [0.05, 0.1) is 0 Å². The van der Waals surface area contributed by atoms with Crippen LogP contribution in [-0.2, 0) is 11.9 Å². The lowest BCUT2D eigenvalue weighted by atomic mass is 10.1. The Balaban J connectivity index is 0.000000980. The predicted octanol–water partition coefficient (Wildman–Crippen LogP) is 1.26. The first-order chi connectivity index (χ1) is 6.31. The molecule has 0 fully saturated rings. The molecule has 2 rings (SSSR count). The molecule has 0 spiro atoms. The summed E-state index contributed by atoms with van der Waals surface area (Å²) in [6.45, 7) is 0.628. The van der Waals surface area contributed by atoms with Crippen molar-refractivity contribution in [1.82, 2.24) is 4.98 Å². The van der Waals surface area contributed by atoms with Crippen molar-refractivity contribution in [2.45, 2.75) is 6.42 Å². The molecule has 0 saturated carbocycles. The first-order valence-electron chi connectivity index (χ1n) is 4.30. The normalized spacial score (nSPS) is 10.1. The maximum absolute atomic E-state index is 9.30. The largest absolute Gasteiger partial charge is 0.508 e. The van der Waals surface area contributed by atoms with Crippen molar-refractivity contribution in [1.29, 1.82) is 0 Å².